The Hall–Kier alpha value is -3.64. The Morgan fingerprint density at radius 3 is 2.79 bits per heavy atom. The Kier molecular flexibility index (Phi) is 7.01. The maximum Gasteiger partial charge on any atom is 0.352 e. The summed E-state index contributed by atoms with van der Waals surface area (Å²) in [4.78, 5) is 72.0. The lowest BCUT2D eigenvalue weighted by molar-refractivity contribution is -0.150. The number of β-lactam (4-membered cyclic amide) rings is 1. The summed E-state index contributed by atoms with van der Waals surface area (Å²) in [5.41, 5.74) is 4.35. The molecule has 2 aliphatic heterocycles. The first-order valence-electron chi connectivity index (χ1n) is 11.1. The van der Waals surface area contributed by atoms with E-state index in [4.69, 9.17) is 10.6 Å². The number of oxime groups is 1. The predicted octanol–water partition coefficient (Wildman–Crippen LogP) is -1.08. The average Bonchev–Trinajstić information content (AvgIpc) is 3.63. The van der Waals surface area contributed by atoms with Crippen molar-refractivity contribution in [3.63, 3.8) is 0 Å². The van der Waals surface area contributed by atoms with Gasteiger partial charge in [-0.3, -0.25) is 28.6 Å². The predicted molar refractivity (Wildman–Crippen MR) is 138 cm³/mol. The smallest absolute Gasteiger partial charge is 0.352 e. The fourth-order valence-corrected chi connectivity index (χ4v) is 6.60. The molecule has 4 heterocycles. The molecule has 200 valence electrons. The summed E-state index contributed by atoms with van der Waals surface area (Å²) in [5.74, 6) is -2.23. The number of amides is 2. The number of rotatable bonds is 9. The van der Waals surface area contributed by atoms with Crippen LogP contribution in [0.1, 0.15) is 18.5 Å². The largest absolute Gasteiger partial charge is 0.477 e. The van der Waals surface area contributed by atoms with Gasteiger partial charge in [0.2, 0.25) is 0 Å². The van der Waals surface area contributed by atoms with Crippen molar-refractivity contribution in [2.75, 3.05) is 17.2 Å². The molecule has 2 amide bonds. The summed E-state index contributed by atoms with van der Waals surface area (Å²) < 4.78 is 1.06. The normalized spacial score (nSPS) is 21.1. The number of hydrogen-bond acceptors (Lipinski definition) is 13. The van der Waals surface area contributed by atoms with Gasteiger partial charge in [0.15, 0.2) is 16.0 Å². The van der Waals surface area contributed by atoms with Gasteiger partial charge in [0.1, 0.15) is 28.9 Å². The molecule has 2 aromatic rings. The number of carbonyl (C=O) groups excluding carboxylic acids is 2. The van der Waals surface area contributed by atoms with E-state index in [1.54, 1.807) is 5.38 Å². The van der Waals surface area contributed by atoms with Crippen LogP contribution in [0.15, 0.2) is 36.6 Å². The molecule has 0 aromatic carbocycles. The lowest BCUT2D eigenvalue weighted by atomic mass is 10.0. The van der Waals surface area contributed by atoms with Gasteiger partial charge in [-0.05, 0) is 18.4 Å². The van der Waals surface area contributed by atoms with E-state index in [1.807, 2.05) is 0 Å². The fraction of sp³-hybridized carbons (Fsp3) is 0.400. The van der Waals surface area contributed by atoms with Crippen molar-refractivity contribution in [1.82, 2.24) is 30.0 Å². The first kappa shape index (κ1) is 26.0. The van der Waals surface area contributed by atoms with E-state index in [9.17, 15) is 29.1 Å². The number of nitrogen functional groups attached to an aromatic ring is 1. The summed E-state index contributed by atoms with van der Waals surface area (Å²) in [6.07, 6.45) is 1.58. The van der Waals surface area contributed by atoms with Crippen LogP contribution in [0.4, 0.5) is 5.13 Å². The molecular weight excluding hydrogens is 560 g/mol. The molecule has 5 rings (SSSR count). The molecule has 3 aliphatic rings. The van der Waals surface area contributed by atoms with Crippen LogP contribution >= 0.6 is 34.9 Å². The number of carboxylic acid groups (broad SMARTS) is 1. The van der Waals surface area contributed by atoms with E-state index in [2.05, 4.69) is 25.7 Å². The first-order valence-corrected chi connectivity index (χ1v) is 14.0. The number of hydrogen-bond donors (Lipinski definition) is 4. The molecule has 0 bridgehead atoms. The van der Waals surface area contributed by atoms with Crippen LogP contribution in [0, 0.1) is 0 Å². The summed E-state index contributed by atoms with van der Waals surface area (Å²) >= 11 is 3.46. The van der Waals surface area contributed by atoms with E-state index in [-0.39, 0.29) is 45.0 Å². The zero-order valence-corrected chi connectivity index (χ0v) is 22.0. The Balaban J connectivity index is 1.32. The summed E-state index contributed by atoms with van der Waals surface area (Å²) in [5, 5.41) is 23.7. The number of aromatic amines is 1. The number of thioether (sulfide) groups is 2. The van der Waals surface area contributed by atoms with Crippen LogP contribution in [0.3, 0.4) is 0 Å². The first-order chi connectivity index (χ1) is 18.2. The average molecular weight is 581 g/mol. The minimum Gasteiger partial charge on any atom is -0.477 e. The van der Waals surface area contributed by atoms with E-state index in [0.29, 0.717) is 5.57 Å². The third-order valence-corrected chi connectivity index (χ3v) is 8.88. The van der Waals surface area contributed by atoms with Gasteiger partial charge in [0.25, 0.3) is 11.8 Å². The second-order valence-corrected chi connectivity index (χ2v) is 11.4. The standard InChI is InChI=1S/C20H20N8O7S3/c1-27-16(32)14(30)24-25-20(27)38-5-7-4-36-17-11(15(31)28(17)12(7)18(33)34)23-13(29)10(26-35-8-2-3-8)9-6-37-19(21)22-9/h6,8,11,17H,2-5H2,1H3,(H2,21,22)(H,23,29)(H,24,30)(H,33,34)/t11-,17-/m1/s1. The zero-order chi connectivity index (χ0) is 27.1. The minimum atomic E-state index is -1.30. The SMILES string of the molecule is Cn1c(SCC2=C(C(=O)O)N3C(=O)[C@@H](NC(=O)C(=NOC4CC4)c4csc(N)n4)[C@H]3SC2)n[nH]c(=O)c1=O. The monoisotopic (exact) mass is 580 g/mol. The highest BCUT2D eigenvalue weighted by molar-refractivity contribution is 8.01. The van der Waals surface area contributed by atoms with Gasteiger partial charge < -0.3 is 21.0 Å². The number of anilines is 1. The Bertz CT molecular complexity index is 1510. The number of nitrogens with zero attached hydrogens (tertiary/aromatic N) is 5. The van der Waals surface area contributed by atoms with Crippen LogP contribution < -0.4 is 22.2 Å². The second kappa shape index (κ2) is 10.3. The quantitative estimate of drug-likeness (QED) is 0.0916. The minimum absolute atomic E-state index is 0.0724. The lowest BCUT2D eigenvalue weighted by Crippen LogP contribution is -2.71. The van der Waals surface area contributed by atoms with Gasteiger partial charge in [-0.15, -0.1) is 28.2 Å². The highest BCUT2D eigenvalue weighted by Crippen LogP contribution is 2.41. The molecule has 1 aliphatic carbocycles. The zero-order valence-electron chi connectivity index (χ0n) is 19.6. The number of thiazole rings is 1. The molecule has 2 aromatic heterocycles. The van der Waals surface area contributed by atoms with Gasteiger partial charge in [0, 0.05) is 23.9 Å². The molecule has 18 heteroatoms. The molecule has 5 N–H and O–H groups in total. The number of aromatic nitrogens is 4. The van der Waals surface area contributed by atoms with Crippen molar-refractivity contribution < 1.29 is 24.3 Å². The lowest BCUT2D eigenvalue weighted by Gasteiger charge is -2.49. The molecule has 38 heavy (non-hydrogen) atoms. The molecule has 0 spiro atoms. The Labute approximate surface area is 225 Å². The summed E-state index contributed by atoms with van der Waals surface area (Å²) in [6.45, 7) is 0. The number of H-pyrrole nitrogens is 1. The number of nitrogens with two attached hydrogens (primary N) is 1. The fourth-order valence-electron chi connectivity index (χ4n) is 3.65. The van der Waals surface area contributed by atoms with Crippen molar-refractivity contribution in [1.29, 1.82) is 0 Å². The molecule has 1 saturated heterocycles. The van der Waals surface area contributed by atoms with Crippen LogP contribution in [-0.4, -0.2) is 82.3 Å². The number of aliphatic carboxylic acids is 1. The molecular formula is C20H20N8O7S3. The molecule has 0 unspecified atom stereocenters. The van der Waals surface area contributed by atoms with Crippen molar-refractivity contribution in [2.45, 2.75) is 35.5 Å². The Morgan fingerprint density at radius 2 is 2.13 bits per heavy atom. The van der Waals surface area contributed by atoms with E-state index < -0.39 is 40.3 Å². The third-order valence-electron chi connectivity index (χ3n) is 5.75. The topological polar surface area (TPSA) is 215 Å². The second-order valence-electron chi connectivity index (χ2n) is 8.42. The highest BCUT2D eigenvalue weighted by Gasteiger charge is 2.54. The number of fused-ring (bicyclic) bond motifs is 1. The molecule has 2 atom stereocenters. The molecule has 15 nitrogen and oxygen atoms in total. The number of carbonyl (C=O) groups is 3. The number of carboxylic acids is 1. The van der Waals surface area contributed by atoms with Gasteiger partial charge >= 0.3 is 17.1 Å². The molecule has 0 radical (unpaired) electrons. The van der Waals surface area contributed by atoms with Gasteiger partial charge in [0.05, 0.1) is 0 Å². The van der Waals surface area contributed by atoms with Crippen molar-refractivity contribution in [3.05, 3.63) is 43.1 Å². The van der Waals surface area contributed by atoms with Crippen molar-refractivity contribution in [3.8, 4) is 0 Å². The van der Waals surface area contributed by atoms with Crippen LogP contribution in [-0.2, 0) is 26.3 Å². The number of nitrogens with one attached hydrogen (secondary N) is 2. The third kappa shape index (κ3) is 4.93. The highest BCUT2D eigenvalue weighted by atomic mass is 32.2. The van der Waals surface area contributed by atoms with Crippen LogP contribution in [0.5, 0.6) is 0 Å². The van der Waals surface area contributed by atoms with E-state index in [1.165, 1.54) is 18.8 Å². The maximum atomic E-state index is 13.1. The summed E-state index contributed by atoms with van der Waals surface area (Å²) in [6, 6.07) is -0.986. The maximum absolute atomic E-state index is 13.1. The molecule has 2 fully saturated rings. The van der Waals surface area contributed by atoms with Gasteiger partial charge in [-0.1, -0.05) is 16.9 Å². The van der Waals surface area contributed by atoms with Crippen molar-refractivity contribution in [2.24, 2.45) is 12.2 Å². The molecule has 1 saturated carbocycles. The van der Waals surface area contributed by atoms with Crippen molar-refractivity contribution >= 4 is 63.5 Å². The van der Waals surface area contributed by atoms with Crippen LogP contribution in [0.25, 0.3) is 0 Å². The van der Waals surface area contributed by atoms with Gasteiger partial charge in [-0.2, -0.15) is 0 Å². The van der Waals surface area contributed by atoms with E-state index >= 15 is 0 Å². The van der Waals surface area contributed by atoms with Gasteiger partial charge in [-0.25, -0.2) is 14.9 Å². The Morgan fingerprint density at radius 1 is 1.37 bits per heavy atom. The van der Waals surface area contributed by atoms with E-state index in [0.717, 1.165) is 45.4 Å². The summed E-state index contributed by atoms with van der Waals surface area (Å²) in [7, 11) is 1.38. The van der Waals surface area contributed by atoms with Crippen LogP contribution in [0.2, 0.25) is 0 Å².